The van der Waals surface area contributed by atoms with E-state index in [0.717, 1.165) is 31.0 Å². The lowest BCUT2D eigenvalue weighted by molar-refractivity contribution is 0.360. The van der Waals surface area contributed by atoms with E-state index in [1.54, 1.807) is 0 Å². The molecule has 1 aliphatic rings. The molecule has 0 saturated carbocycles. The lowest BCUT2D eigenvalue weighted by Crippen LogP contribution is -2.28. The summed E-state index contributed by atoms with van der Waals surface area (Å²) in [6.45, 7) is 4.52. The van der Waals surface area contributed by atoms with Crippen LogP contribution in [0.25, 0.3) is 35.2 Å². The van der Waals surface area contributed by atoms with Gasteiger partial charge in [-0.1, -0.05) is 36.4 Å². The number of fused-ring (bicyclic) bond motifs is 1. The van der Waals surface area contributed by atoms with Gasteiger partial charge in [0.05, 0.1) is 11.4 Å². The molecule has 1 saturated heterocycles. The highest BCUT2D eigenvalue weighted by Gasteiger charge is 2.12. The van der Waals surface area contributed by atoms with Crippen molar-refractivity contribution in [1.29, 1.82) is 0 Å². The van der Waals surface area contributed by atoms with Crippen molar-refractivity contribution in [2.45, 2.75) is 6.42 Å². The van der Waals surface area contributed by atoms with Crippen molar-refractivity contribution >= 4 is 40.9 Å². The number of hydrogen-bond donors (Lipinski definition) is 1. The van der Waals surface area contributed by atoms with Crippen LogP contribution in [0, 0.1) is 0 Å². The number of H-pyrrole nitrogens is 1. The van der Waals surface area contributed by atoms with Gasteiger partial charge in [-0.3, -0.25) is 5.10 Å². The number of aryl methyl sites for hydroxylation is 1. The molecule has 5 nitrogen and oxygen atoms in total. The SMILES string of the molecule is CN1CCCN(c2ccc(C=Cc3cc(C=Cc4ccc5ccn(C)c5c4)[nH]n3)cc2)CC1. The first kappa shape index (κ1) is 21.3. The maximum absolute atomic E-state index is 4.43. The maximum Gasteiger partial charge on any atom is 0.0854 e. The van der Waals surface area contributed by atoms with Crippen molar-refractivity contribution in [2.75, 3.05) is 38.1 Å². The van der Waals surface area contributed by atoms with Gasteiger partial charge >= 0.3 is 0 Å². The minimum atomic E-state index is 0.923. The van der Waals surface area contributed by atoms with E-state index in [0.29, 0.717) is 0 Å². The molecule has 0 spiro atoms. The van der Waals surface area contributed by atoms with Gasteiger partial charge in [-0.05, 0) is 79.0 Å². The topological polar surface area (TPSA) is 40.1 Å². The van der Waals surface area contributed by atoms with Crippen LogP contribution < -0.4 is 4.90 Å². The zero-order valence-corrected chi connectivity index (χ0v) is 19.4. The number of likely N-dealkylation sites (N-methyl/N-ethyl adjacent to an activating group) is 1. The fourth-order valence-electron chi connectivity index (χ4n) is 4.38. The Morgan fingerprint density at radius 3 is 2.48 bits per heavy atom. The van der Waals surface area contributed by atoms with Crippen LogP contribution in [-0.2, 0) is 7.05 Å². The number of anilines is 1. The second kappa shape index (κ2) is 9.51. The van der Waals surface area contributed by atoms with Crippen LogP contribution in [0.5, 0.6) is 0 Å². The molecule has 1 aliphatic heterocycles. The summed E-state index contributed by atoms with van der Waals surface area (Å²) in [5.41, 5.74) is 6.81. The first-order valence-electron chi connectivity index (χ1n) is 11.6. The van der Waals surface area contributed by atoms with Gasteiger partial charge in [-0.25, -0.2) is 0 Å². The number of aromatic nitrogens is 3. The van der Waals surface area contributed by atoms with Crippen molar-refractivity contribution < 1.29 is 0 Å². The van der Waals surface area contributed by atoms with Gasteiger partial charge in [0, 0.05) is 44.1 Å². The second-order valence-corrected chi connectivity index (χ2v) is 8.90. The third-order valence-corrected chi connectivity index (χ3v) is 6.41. The van der Waals surface area contributed by atoms with Crippen LogP contribution in [0.3, 0.4) is 0 Å². The van der Waals surface area contributed by atoms with Gasteiger partial charge in [-0.2, -0.15) is 5.10 Å². The Bertz CT molecular complexity index is 1280. The average Bonchev–Trinajstić information content (AvgIpc) is 3.38. The summed E-state index contributed by atoms with van der Waals surface area (Å²) in [5, 5.41) is 8.80. The molecule has 1 fully saturated rings. The third kappa shape index (κ3) is 5.10. The highest BCUT2D eigenvalue weighted by Crippen LogP contribution is 2.20. The van der Waals surface area contributed by atoms with Gasteiger partial charge in [0.25, 0.3) is 0 Å². The van der Waals surface area contributed by atoms with Gasteiger partial charge in [0.1, 0.15) is 0 Å². The van der Waals surface area contributed by atoms with Crippen LogP contribution in [0.2, 0.25) is 0 Å². The summed E-state index contributed by atoms with van der Waals surface area (Å²) in [5.74, 6) is 0. The monoisotopic (exact) mass is 437 g/mol. The number of benzene rings is 2. The van der Waals surface area contributed by atoms with E-state index >= 15 is 0 Å². The van der Waals surface area contributed by atoms with E-state index in [1.807, 2.05) is 0 Å². The molecule has 0 bridgehead atoms. The molecule has 33 heavy (non-hydrogen) atoms. The van der Waals surface area contributed by atoms with E-state index in [9.17, 15) is 0 Å². The van der Waals surface area contributed by atoms with Crippen molar-refractivity contribution in [1.82, 2.24) is 19.7 Å². The fraction of sp³-hybridized carbons (Fsp3) is 0.250. The molecule has 168 valence electrons. The summed E-state index contributed by atoms with van der Waals surface area (Å²) in [4.78, 5) is 4.89. The van der Waals surface area contributed by atoms with Crippen molar-refractivity contribution in [3.63, 3.8) is 0 Å². The number of aromatic amines is 1. The Balaban J connectivity index is 1.22. The molecule has 4 aromatic rings. The number of nitrogens with zero attached hydrogens (tertiary/aromatic N) is 4. The number of rotatable bonds is 5. The number of hydrogen-bond acceptors (Lipinski definition) is 3. The van der Waals surface area contributed by atoms with Gasteiger partial charge < -0.3 is 14.4 Å². The second-order valence-electron chi connectivity index (χ2n) is 8.90. The molecule has 0 atom stereocenters. The van der Waals surface area contributed by atoms with Crippen molar-refractivity contribution in [2.24, 2.45) is 7.05 Å². The molecule has 2 aromatic carbocycles. The summed E-state index contributed by atoms with van der Waals surface area (Å²) in [6.07, 6.45) is 11.7. The quantitative estimate of drug-likeness (QED) is 0.455. The summed E-state index contributed by atoms with van der Waals surface area (Å²) < 4.78 is 2.14. The van der Waals surface area contributed by atoms with Gasteiger partial charge in [-0.15, -0.1) is 0 Å². The molecule has 0 radical (unpaired) electrons. The molecular weight excluding hydrogens is 406 g/mol. The Labute approximate surface area is 195 Å². The van der Waals surface area contributed by atoms with Crippen molar-refractivity contribution in [3.05, 3.63) is 83.3 Å². The average molecular weight is 438 g/mol. The van der Waals surface area contributed by atoms with Crippen LogP contribution in [0.15, 0.2) is 60.8 Å². The maximum atomic E-state index is 4.43. The molecule has 5 heteroatoms. The standard InChI is InChI=1S/C28H31N5/c1-31-15-3-16-33(19-18-31)27-12-7-22(8-13-27)5-10-25-21-26(30-29-25)11-6-23-4-9-24-14-17-32(2)28(24)20-23/h4-14,17,20-21H,3,15-16,18-19H2,1-2H3,(H,29,30). The zero-order chi connectivity index (χ0) is 22.6. The fourth-order valence-corrected chi connectivity index (χ4v) is 4.38. The highest BCUT2D eigenvalue weighted by molar-refractivity contribution is 5.84. The summed E-state index contributed by atoms with van der Waals surface area (Å²) >= 11 is 0. The van der Waals surface area contributed by atoms with E-state index in [1.165, 1.54) is 40.7 Å². The Kier molecular flexibility index (Phi) is 6.13. The summed E-state index contributed by atoms with van der Waals surface area (Å²) in [7, 11) is 4.28. The Hall–Kier alpha value is -3.57. The van der Waals surface area contributed by atoms with E-state index < -0.39 is 0 Å². The number of nitrogens with one attached hydrogen (secondary N) is 1. The molecule has 2 aromatic heterocycles. The lowest BCUT2D eigenvalue weighted by Gasteiger charge is -2.22. The van der Waals surface area contributed by atoms with E-state index in [-0.39, 0.29) is 0 Å². The normalized spacial score (nSPS) is 15.8. The molecular formula is C28H31N5. The zero-order valence-electron chi connectivity index (χ0n) is 19.4. The Morgan fingerprint density at radius 1 is 0.788 bits per heavy atom. The van der Waals surface area contributed by atoms with E-state index in [4.69, 9.17) is 0 Å². The molecule has 0 aliphatic carbocycles. The lowest BCUT2D eigenvalue weighted by atomic mass is 10.1. The van der Waals surface area contributed by atoms with Crippen LogP contribution >= 0.6 is 0 Å². The first-order valence-corrected chi connectivity index (χ1v) is 11.6. The third-order valence-electron chi connectivity index (χ3n) is 6.41. The van der Waals surface area contributed by atoms with Crippen LogP contribution in [-0.4, -0.2) is 52.9 Å². The minimum Gasteiger partial charge on any atom is -0.370 e. The molecule has 0 amide bonds. The molecule has 0 unspecified atom stereocenters. The molecule has 5 rings (SSSR count). The largest absolute Gasteiger partial charge is 0.370 e. The van der Waals surface area contributed by atoms with Crippen LogP contribution in [0.4, 0.5) is 5.69 Å². The van der Waals surface area contributed by atoms with E-state index in [2.05, 4.69) is 124 Å². The van der Waals surface area contributed by atoms with Gasteiger partial charge in [0.15, 0.2) is 0 Å². The Morgan fingerprint density at radius 2 is 1.61 bits per heavy atom. The van der Waals surface area contributed by atoms with Crippen molar-refractivity contribution in [3.8, 4) is 0 Å². The van der Waals surface area contributed by atoms with Crippen LogP contribution in [0.1, 0.15) is 28.9 Å². The molecule has 3 heterocycles. The van der Waals surface area contributed by atoms with Gasteiger partial charge in [0.2, 0.25) is 0 Å². The minimum absolute atomic E-state index is 0.923. The smallest absolute Gasteiger partial charge is 0.0854 e. The molecule has 1 N–H and O–H groups in total. The first-order chi connectivity index (χ1) is 16.1. The highest BCUT2D eigenvalue weighted by atomic mass is 15.2. The predicted molar refractivity (Wildman–Crippen MR) is 140 cm³/mol. The predicted octanol–water partition coefficient (Wildman–Crippen LogP) is 5.38. The summed E-state index contributed by atoms with van der Waals surface area (Å²) in [6, 6.07) is 19.5.